The van der Waals surface area contributed by atoms with Gasteiger partial charge in [-0.3, -0.25) is 0 Å². The second-order valence-corrected chi connectivity index (χ2v) is 3.66. The number of aryl methyl sites for hydroxylation is 1. The molecule has 1 aromatic carbocycles. The quantitative estimate of drug-likeness (QED) is 0.678. The summed E-state index contributed by atoms with van der Waals surface area (Å²) in [5.74, 6) is 0.213. The molecule has 1 nitrogen and oxygen atoms in total. The highest BCUT2D eigenvalue weighted by Crippen LogP contribution is 2.28. The number of benzene rings is 1. The van der Waals surface area contributed by atoms with E-state index in [2.05, 4.69) is 0 Å². The third-order valence-corrected chi connectivity index (χ3v) is 2.72. The first-order valence-corrected chi connectivity index (χ1v) is 4.73. The molecule has 0 fully saturated rings. The Labute approximate surface area is 83.7 Å². The van der Waals surface area contributed by atoms with Gasteiger partial charge < -0.3 is 4.79 Å². The van der Waals surface area contributed by atoms with Crippen LogP contribution in [0.4, 0.5) is 0 Å². The summed E-state index contributed by atoms with van der Waals surface area (Å²) in [6.45, 7) is 3.98. The normalized spacial score (nSPS) is 12.5. The molecule has 0 aliphatic carbocycles. The molecule has 70 valence electrons. The minimum Gasteiger partial charge on any atom is -0.303 e. The molecule has 0 saturated heterocycles. The van der Waals surface area contributed by atoms with Gasteiger partial charge in [0.05, 0.1) is 0 Å². The molecule has 13 heavy (non-hydrogen) atoms. The van der Waals surface area contributed by atoms with Gasteiger partial charge in [-0.15, -0.1) is 0 Å². The summed E-state index contributed by atoms with van der Waals surface area (Å²) in [7, 11) is 0. The first-order valence-electron chi connectivity index (χ1n) is 4.35. The van der Waals surface area contributed by atoms with E-state index in [0.29, 0.717) is 6.42 Å². The molecule has 1 unspecified atom stereocenters. The Bertz CT molecular complexity index is 307. The van der Waals surface area contributed by atoms with Crippen molar-refractivity contribution in [3.63, 3.8) is 0 Å². The van der Waals surface area contributed by atoms with Crippen LogP contribution >= 0.6 is 11.6 Å². The summed E-state index contributed by atoms with van der Waals surface area (Å²) in [6, 6.07) is 5.92. The summed E-state index contributed by atoms with van der Waals surface area (Å²) in [5, 5.41) is 0.789. The van der Waals surface area contributed by atoms with Crippen LogP contribution in [0.3, 0.4) is 0 Å². The van der Waals surface area contributed by atoms with Gasteiger partial charge >= 0.3 is 0 Å². The van der Waals surface area contributed by atoms with Crippen molar-refractivity contribution in [1.29, 1.82) is 0 Å². The van der Waals surface area contributed by atoms with Crippen LogP contribution in [0, 0.1) is 6.92 Å². The van der Waals surface area contributed by atoms with E-state index in [0.717, 1.165) is 22.4 Å². The minimum atomic E-state index is 0.213. The van der Waals surface area contributed by atoms with Crippen molar-refractivity contribution in [3.05, 3.63) is 34.3 Å². The molecular formula is C11H13ClO. The minimum absolute atomic E-state index is 0.213. The van der Waals surface area contributed by atoms with Crippen molar-refractivity contribution < 1.29 is 4.79 Å². The van der Waals surface area contributed by atoms with Gasteiger partial charge in [0.15, 0.2) is 0 Å². The Morgan fingerprint density at radius 3 is 2.85 bits per heavy atom. The SMILES string of the molecule is Cc1cccc(C(C)CC=O)c1Cl. The zero-order valence-corrected chi connectivity index (χ0v) is 8.64. The van der Waals surface area contributed by atoms with E-state index in [4.69, 9.17) is 11.6 Å². The van der Waals surface area contributed by atoms with Crippen molar-refractivity contribution in [2.75, 3.05) is 0 Å². The number of hydrogen-bond donors (Lipinski definition) is 0. The van der Waals surface area contributed by atoms with E-state index in [1.807, 2.05) is 32.0 Å². The van der Waals surface area contributed by atoms with Gasteiger partial charge in [-0.05, 0) is 24.0 Å². The van der Waals surface area contributed by atoms with Gasteiger partial charge in [0.1, 0.15) is 6.29 Å². The molecule has 0 saturated carbocycles. The number of rotatable bonds is 3. The van der Waals surface area contributed by atoms with Gasteiger partial charge in [0.25, 0.3) is 0 Å². The molecule has 0 heterocycles. The molecule has 2 heteroatoms. The predicted octanol–water partition coefficient (Wildman–Crippen LogP) is 3.34. The molecule has 0 aliphatic heterocycles. The summed E-state index contributed by atoms with van der Waals surface area (Å²) in [4.78, 5) is 10.3. The Hall–Kier alpha value is -0.820. The Morgan fingerprint density at radius 1 is 1.54 bits per heavy atom. The van der Waals surface area contributed by atoms with E-state index in [-0.39, 0.29) is 5.92 Å². The fourth-order valence-corrected chi connectivity index (χ4v) is 1.63. The smallest absolute Gasteiger partial charge is 0.120 e. The van der Waals surface area contributed by atoms with Crippen LogP contribution in [0.25, 0.3) is 0 Å². The summed E-state index contributed by atoms with van der Waals surface area (Å²) in [5.41, 5.74) is 2.13. The zero-order valence-electron chi connectivity index (χ0n) is 7.88. The van der Waals surface area contributed by atoms with Crippen molar-refractivity contribution >= 4 is 17.9 Å². The highest BCUT2D eigenvalue weighted by atomic mass is 35.5. The number of halogens is 1. The van der Waals surface area contributed by atoms with E-state index >= 15 is 0 Å². The number of carbonyl (C=O) groups excluding carboxylic acids is 1. The van der Waals surface area contributed by atoms with Crippen LogP contribution < -0.4 is 0 Å². The Kier molecular flexibility index (Phi) is 3.49. The Morgan fingerprint density at radius 2 is 2.23 bits per heavy atom. The van der Waals surface area contributed by atoms with Crippen LogP contribution in [-0.4, -0.2) is 6.29 Å². The number of aldehydes is 1. The number of hydrogen-bond acceptors (Lipinski definition) is 1. The molecule has 1 atom stereocenters. The molecule has 0 amide bonds. The average molecular weight is 197 g/mol. The highest BCUT2D eigenvalue weighted by Gasteiger charge is 2.09. The third-order valence-electron chi connectivity index (χ3n) is 2.20. The molecular weight excluding hydrogens is 184 g/mol. The van der Waals surface area contributed by atoms with Crippen LogP contribution in [0.15, 0.2) is 18.2 Å². The second-order valence-electron chi connectivity index (χ2n) is 3.28. The predicted molar refractivity (Wildman–Crippen MR) is 55.3 cm³/mol. The first kappa shape index (κ1) is 10.3. The summed E-state index contributed by atoms with van der Waals surface area (Å²) >= 11 is 6.11. The van der Waals surface area contributed by atoms with Gasteiger partial charge in [0.2, 0.25) is 0 Å². The van der Waals surface area contributed by atoms with Crippen LogP contribution in [-0.2, 0) is 4.79 Å². The molecule has 0 N–H and O–H groups in total. The maximum Gasteiger partial charge on any atom is 0.120 e. The fourth-order valence-electron chi connectivity index (χ4n) is 1.32. The largest absolute Gasteiger partial charge is 0.303 e. The van der Waals surface area contributed by atoms with E-state index in [1.165, 1.54) is 0 Å². The van der Waals surface area contributed by atoms with E-state index < -0.39 is 0 Å². The van der Waals surface area contributed by atoms with Gasteiger partial charge in [-0.2, -0.15) is 0 Å². The average Bonchev–Trinajstić information content (AvgIpc) is 2.10. The van der Waals surface area contributed by atoms with Crippen molar-refractivity contribution in [2.45, 2.75) is 26.2 Å². The topological polar surface area (TPSA) is 17.1 Å². The lowest BCUT2D eigenvalue weighted by atomic mass is 9.97. The van der Waals surface area contributed by atoms with E-state index in [1.54, 1.807) is 0 Å². The van der Waals surface area contributed by atoms with Crippen LogP contribution in [0.2, 0.25) is 5.02 Å². The maximum atomic E-state index is 10.3. The first-order chi connectivity index (χ1) is 6.16. The molecule has 0 spiro atoms. The molecule has 1 aromatic rings. The van der Waals surface area contributed by atoms with E-state index in [9.17, 15) is 4.79 Å². The standard InChI is InChI=1S/C11H13ClO/c1-8(6-7-13)10-5-3-4-9(2)11(10)12/h3-5,7-8H,6H2,1-2H3. The molecule has 0 aliphatic rings. The van der Waals surface area contributed by atoms with Crippen LogP contribution in [0.5, 0.6) is 0 Å². The van der Waals surface area contributed by atoms with Crippen molar-refractivity contribution in [3.8, 4) is 0 Å². The van der Waals surface area contributed by atoms with Crippen LogP contribution in [0.1, 0.15) is 30.4 Å². The third kappa shape index (κ3) is 2.31. The highest BCUT2D eigenvalue weighted by molar-refractivity contribution is 6.32. The van der Waals surface area contributed by atoms with Gasteiger partial charge in [-0.1, -0.05) is 36.7 Å². The molecule has 1 rings (SSSR count). The number of carbonyl (C=O) groups is 1. The molecule has 0 radical (unpaired) electrons. The lowest BCUT2D eigenvalue weighted by Gasteiger charge is -2.11. The van der Waals surface area contributed by atoms with Gasteiger partial charge in [-0.25, -0.2) is 0 Å². The molecule has 0 bridgehead atoms. The summed E-state index contributed by atoms with van der Waals surface area (Å²) < 4.78 is 0. The maximum absolute atomic E-state index is 10.3. The van der Waals surface area contributed by atoms with Crippen molar-refractivity contribution in [2.24, 2.45) is 0 Å². The Balaban J connectivity index is 3.00. The zero-order chi connectivity index (χ0) is 9.84. The second kappa shape index (κ2) is 4.43. The fraction of sp³-hybridized carbons (Fsp3) is 0.364. The lowest BCUT2D eigenvalue weighted by Crippen LogP contribution is -1.96. The van der Waals surface area contributed by atoms with Crippen molar-refractivity contribution in [1.82, 2.24) is 0 Å². The monoisotopic (exact) mass is 196 g/mol. The summed E-state index contributed by atoms with van der Waals surface area (Å²) in [6.07, 6.45) is 1.46. The molecule has 0 aromatic heterocycles. The van der Waals surface area contributed by atoms with Gasteiger partial charge in [0, 0.05) is 11.4 Å². The lowest BCUT2D eigenvalue weighted by molar-refractivity contribution is -0.108.